The molecular formula is C11H15F3N2O3S2. The van der Waals surface area contributed by atoms with E-state index in [9.17, 15) is 25.8 Å². The SMILES string of the molecule is CCS(=O)(=O)NCCN=S(=O)(c1ccccc1)C(F)(F)F. The Hall–Kier alpha value is -1.13. The predicted molar refractivity (Wildman–Crippen MR) is 73.7 cm³/mol. The van der Waals surface area contributed by atoms with Gasteiger partial charge in [0.2, 0.25) is 10.0 Å². The van der Waals surface area contributed by atoms with Crippen LogP contribution in [-0.4, -0.2) is 37.0 Å². The zero-order valence-corrected chi connectivity index (χ0v) is 12.8. The van der Waals surface area contributed by atoms with Crippen molar-refractivity contribution in [2.45, 2.75) is 17.3 Å². The number of rotatable bonds is 6. The Morgan fingerprint density at radius 2 is 1.71 bits per heavy atom. The maximum atomic E-state index is 13.0. The number of hydrogen-bond donors (Lipinski definition) is 1. The zero-order chi connectivity index (χ0) is 16.1. The first-order valence-electron chi connectivity index (χ1n) is 5.94. The number of hydrogen-bond acceptors (Lipinski definition) is 4. The zero-order valence-electron chi connectivity index (χ0n) is 11.1. The van der Waals surface area contributed by atoms with Crippen molar-refractivity contribution in [2.75, 3.05) is 18.8 Å². The van der Waals surface area contributed by atoms with Crippen LogP contribution in [-0.2, 0) is 19.8 Å². The number of benzene rings is 1. The molecule has 1 atom stereocenters. The minimum Gasteiger partial charge on any atom is -0.236 e. The highest BCUT2D eigenvalue weighted by Crippen LogP contribution is 2.32. The lowest BCUT2D eigenvalue weighted by Gasteiger charge is -2.14. The molecule has 1 rings (SSSR count). The van der Waals surface area contributed by atoms with Gasteiger partial charge in [-0.3, -0.25) is 0 Å². The third-order valence-electron chi connectivity index (χ3n) is 2.46. The molecule has 0 amide bonds. The van der Waals surface area contributed by atoms with E-state index >= 15 is 0 Å². The first-order valence-corrected chi connectivity index (χ1v) is 9.11. The molecule has 0 radical (unpaired) electrons. The average Bonchev–Trinajstić information content (AvgIpc) is 2.43. The van der Waals surface area contributed by atoms with E-state index in [1.807, 2.05) is 0 Å². The maximum absolute atomic E-state index is 13.0. The smallest absolute Gasteiger partial charge is 0.236 e. The summed E-state index contributed by atoms with van der Waals surface area (Å²) in [7, 11) is -8.14. The molecule has 5 nitrogen and oxygen atoms in total. The van der Waals surface area contributed by atoms with Gasteiger partial charge >= 0.3 is 5.51 Å². The van der Waals surface area contributed by atoms with Crippen LogP contribution in [0.15, 0.2) is 39.6 Å². The Labute approximate surface area is 121 Å². The fraction of sp³-hybridized carbons (Fsp3) is 0.455. The van der Waals surface area contributed by atoms with Gasteiger partial charge < -0.3 is 0 Å². The largest absolute Gasteiger partial charge is 0.483 e. The number of sulfonamides is 1. The highest BCUT2D eigenvalue weighted by Gasteiger charge is 2.44. The van der Waals surface area contributed by atoms with Gasteiger partial charge in [0.25, 0.3) is 0 Å². The summed E-state index contributed by atoms with van der Waals surface area (Å²) in [6, 6.07) is 6.31. The molecule has 120 valence electrons. The summed E-state index contributed by atoms with van der Waals surface area (Å²) in [5, 5.41) is 0. The minimum atomic E-state index is -5.03. The molecule has 0 bridgehead atoms. The van der Waals surface area contributed by atoms with Crippen LogP contribution in [0, 0.1) is 0 Å². The molecule has 0 aromatic heterocycles. The third-order valence-corrected chi connectivity index (χ3v) is 5.95. The summed E-state index contributed by atoms with van der Waals surface area (Å²) in [5.74, 6) is -0.194. The van der Waals surface area contributed by atoms with Crippen molar-refractivity contribution in [3.63, 3.8) is 0 Å². The monoisotopic (exact) mass is 344 g/mol. The molecule has 0 saturated heterocycles. The number of nitrogens with one attached hydrogen (secondary N) is 1. The van der Waals surface area contributed by atoms with Crippen LogP contribution < -0.4 is 4.72 Å². The molecule has 21 heavy (non-hydrogen) atoms. The van der Waals surface area contributed by atoms with Crippen LogP contribution in [0.3, 0.4) is 0 Å². The van der Waals surface area contributed by atoms with E-state index in [0.29, 0.717) is 0 Å². The van der Waals surface area contributed by atoms with E-state index in [2.05, 4.69) is 9.08 Å². The second-order valence-corrected chi connectivity index (χ2v) is 8.27. The van der Waals surface area contributed by atoms with Gasteiger partial charge in [-0.2, -0.15) is 13.2 Å². The Kier molecular flexibility index (Phi) is 5.76. The summed E-state index contributed by atoms with van der Waals surface area (Å²) in [6.07, 6.45) is 0. The minimum absolute atomic E-state index is 0.194. The highest BCUT2D eigenvalue weighted by atomic mass is 32.2. The quantitative estimate of drug-likeness (QED) is 0.802. The topological polar surface area (TPSA) is 75.6 Å². The second kappa shape index (κ2) is 6.75. The lowest BCUT2D eigenvalue weighted by molar-refractivity contribution is -0.0403. The molecule has 1 aromatic carbocycles. The second-order valence-electron chi connectivity index (χ2n) is 3.94. The van der Waals surface area contributed by atoms with Gasteiger partial charge in [-0.1, -0.05) is 18.2 Å². The maximum Gasteiger partial charge on any atom is 0.483 e. The Bertz CT molecular complexity index is 678. The molecule has 1 N–H and O–H groups in total. The van der Waals surface area contributed by atoms with Crippen LogP contribution >= 0.6 is 0 Å². The molecule has 10 heteroatoms. The molecule has 0 fully saturated rings. The van der Waals surface area contributed by atoms with Gasteiger partial charge in [-0.15, -0.1) is 0 Å². The Morgan fingerprint density at radius 3 is 2.19 bits per heavy atom. The fourth-order valence-electron chi connectivity index (χ4n) is 1.36. The van der Waals surface area contributed by atoms with Crippen LogP contribution in [0.4, 0.5) is 13.2 Å². The number of nitrogens with zero attached hydrogens (tertiary/aromatic N) is 1. The summed E-state index contributed by atoms with van der Waals surface area (Å²) < 4.78 is 78.7. The average molecular weight is 344 g/mol. The first kappa shape index (κ1) is 17.9. The molecule has 1 unspecified atom stereocenters. The molecule has 0 aliphatic carbocycles. The standard InChI is InChI=1S/C11H15F3N2O3S2/c1-2-20(17,18)15-8-9-16-21(19,11(12,13)14)10-6-4-3-5-7-10/h3-7,15H,2,8-9H2,1H3. The molecule has 1 aromatic rings. The van der Waals surface area contributed by atoms with Crippen molar-refractivity contribution in [3.8, 4) is 0 Å². The predicted octanol–water partition coefficient (Wildman–Crippen LogP) is 1.97. The van der Waals surface area contributed by atoms with Crippen LogP contribution in [0.2, 0.25) is 0 Å². The van der Waals surface area contributed by atoms with Gasteiger partial charge in [0.15, 0.2) is 9.73 Å². The summed E-state index contributed by atoms with van der Waals surface area (Å²) >= 11 is 0. The van der Waals surface area contributed by atoms with Gasteiger partial charge in [0.05, 0.1) is 17.2 Å². The molecule has 0 heterocycles. The fourth-order valence-corrected chi connectivity index (χ4v) is 3.41. The van der Waals surface area contributed by atoms with Gasteiger partial charge in [-0.05, 0) is 19.1 Å². The molecular weight excluding hydrogens is 329 g/mol. The van der Waals surface area contributed by atoms with E-state index in [-0.39, 0.29) is 12.3 Å². The first-order chi connectivity index (χ1) is 9.62. The lowest BCUT2D eigenvalue weighted by atomic mass is 10.4. The van der Waals surface area contributed by atoms with Crippen molar-refractivity contribution in [1.29, 1.82) is 0 Å². The highest BCUT2D eigenvalue weighted by molar-refractivity contribution is 7.94. The van der Waals surface area contributed by atoms with E-state index < -0.39 is 36.7 Å². The molecule has 0 spiro atoms. The van der Waals surface area contributed by atoms with E-state index in [4.69, 9.17) is 0 Å². The van der Waals surface area contributed by atoms with Gasteiger partial charge in [-0.25, -0.2) is 21.7 Å². The van der Waals surface area contributed by atoms with Crippen molar-refractivity contribution >= 4 is 19.8 Å². The van der Waals surface area contributed by atoms with Crippen LogP contribution in [0.25, 0.3) is 0 Å². The van der Waals surface area contributed by atoms with Gasteiger partial charge in [0, 0.05) is 6.54 Å². The Morgan fingerprint density at radius 1 is 1.14 bits per heavy atom. The summed E-state index contributed by atoms with van der Waals surface area (Å²) in [4.78, 5) is -0.448. The molecule has 0 aliphatic rings. The van der Waals surface area contributed by atoms with Crippen LogP contribution in [0.5, 0.6) is 0 Å². The molecule has 0 aliphatic heterocycles. The number of alkyl halides is 3. The van der Waals surface area contributed by atoms with Crippen molar-refractivity contribution in [1.82, 2.24) is 4.72 Å². The van der Waals surface area contributed by atoms with Crippen molar-refractivity contribution in [2.24, 2.45) is 4.36 Å². The van der Waals surface area contributed by atoms with E-state index in [0.717, 1.165) is 12.1 Å². The van der Waals surface area contributed by atoms with Crippen molar-refractivity contribution < 1.29 is 25.8 Å². The van der Waals surface area contributed by atoms with Gasteiger partial charge in [0.1, 0.15) is 0 Å². The number of halogens is 3. The summed E-state index contributed by atoms with van der Waals surface area (Å²) in [6.45, 7) is 0.519. The molecule has 0 saturated carbocycles. The van der Waals surface area contributed by atoms with Crippen molar-refractivity contribution in [3.05, 3.63) is 30.3 Å². The van der Waals surface area contributed by atoms with E-state index in [1.54, 1.807) is 0 Å². The van der Waals surface area contributed by atoms with E-state index in [1.165, 1.54) is 25.1 Å². The van der Waals surface area contributed by atoms with Crippen LogP contribution in [0.1, 0.15) is 6.92 Å². The Balaban J connectivity index is 3.01. The normalized spacial score (nSPS) is 15.4. The third kappa shape index (κ3) is 4.68. The summed E-state index contributed by atoms with van der Waals surface area (Å²) in [5.41, 5.74) is -5.03. The lowest BCUT2D eigenvalue weighted by Crippen LogP contribution is -2.29.